The van der Waals surface area contributed by atoms with Gasteiger partial charge >= 0.3 is 0 Å². The number of benzene rings is 1. The summed E-state index contributed by atoms with van der Waals surface area (Å²) in [5, 5.41) is 12.5. The molecule has 2 rings (SSSR count). The molecule has 19 heavy (non-hydrogen) atoms. The normalized spacial score (nSPS) is 12.1. The molecule has 1 aromatic carbocycles. The van der Waals surface area contributed by atoms with Crippen LogP contribution in [0, 0.1) is 3.57 Å². The molecule has 1 unspecified atom stereocenters. The number of hydrogen-bond acceptors (Lipinski definition) is 3. The van der Waals surface area contributed by atoms with Crippen LogP contribution in [0.1, 0.15) is 35.6 Å². The lowest BCUT2D eigenvalue weighted by Crippen LogP contribution is -2.28. The van der Waals surface area contributed by atoms with Crippen LogP contribution in [0.25, 0.3) is 0 Å². The smallest absolute Gasteiger partial charge is 0.252 e. The summed E-state index contributed by atoms with van der Waals surface area (Å²) in [7, 11) is 0. The Kier molecular flexibility index (Phi) is 4.41. The van der Waals surface area contributed by atoms with Gasteiger partial charge in [0.25, 0.3) is 5.91 Å². The molecular formula is C13H14IN3O2. The Balaban J connectivity index is 2.13. The van der Waals surface area contributed by atoms with Crippen molar-refractivity contribution in [3.63, 3.8) is 0 Å². The first-order chi connectivity index (χ1) is 9.11. The molecule has 6 heteroatoms. The van der Waals surface area contributed by atoms with E-state index in [0.29, 0.717) is 9.13 Å². The lowest BCUT2D eigenvalue weighted by atomic mass is 10.1. The van der Waals surface area contributed by atoms with Gasteiger partial charge < -0.3 is 15.4 Å². The van der Waals surface area contributed by atoms with Crippen molar-refractivity contribution in [1.29, 1.82) is 0 Å². The average Bonchev–Trinajstić information content (AvgIpc) is 2.92. The SMILES string of the molecule is CCC(NC(=O)c1ccc(I)c(O)c1)c1ncc[nH]1. The van der Waals surface area contributed by atoms with Crippen LogP contribution in [0.5, 0.6) is 5.75 Å². The van der Waals surface area contributed by atoms with Crippen LogP contribution in [0.3, 0.4) is 0 Å². The van der Waals surface area contributed by atoms with Gasteiger partial charge in [-0.15, -0.1) is 0 Å². The number of nitrogens with zero attached hydrogens (tertiary/aromatic N) is 1. The molecule has 0 spiro atoms. The van der Waals surface area contributed by atoms with E-state index in [9.17, 15) is 9.90 Å². The van der Waals surface area contributed by atoms with Gasteiger partial charge in [0, 0.05) is 18.0 Å². The maximum Gasteiger partial charge on any atom is 0.252 e. The quantitative estimate of drug-likeness (QED) is 0.723. The van der Waals surface area contributed by atoms with E-state index in [1.165, 1.54) is 6.07 Å². The molecule has 3 N–H and O–H groups in total. The fraction of sp³-hybridized carbons (Fsp3) is 0.231. The molecule has 1 atom stereocenters. The topological polar surface area (TPSA) is 78.0 Å². The lowest BCUT2D eigenvalue weighted by molar-refractivity contribution is 0.0933. The van der Waals surface area contributed by atoms with Gasteiger partial charge in [-0.25, -0.2) is 4.98 Å². The predicted octanol–water partition coefficient (Wildman–Crippen LogP) is 2.60. The Morgan fingerprint density at radius 3 is 2.95 bits per heavy atom. The molecule has 1 amide bonds. The van der Waals surface area contributed by atoms with E-state index in [1.54, 1.807) is 24.5 Å². The number of carbonyl (C=O) groups excluding carboxylic acids is 1. The molecule has 0 saturated carbocycles. The highest BCUT2D eigenvalue weighted by molar-refractivity contribution is 14.1. The minimum Gasteiger partial charge on any atom is -0.507 e. The number of hydrogen-bond donors (Lipinski definition) is 3. The molecule has 0 radical (unpaired) electrons. The van der Waals surface area contributed by atoms with E-state index in [-0.39, 0.29) is 17.7 Å². The number of nitrogens with one attached hydrogen (secondary N) is 2. The second-order valence-corrected chi connectivity index (χ2v) is 5.24. The summed E-state index contributed by atoms with van der Waals surface area (Å²) in [5.74, 6) is 0.611. The third-order valence-electron chi connectivity index (χ3n) is 2.77. The zero-order valence-electron chi connectivity index (χ0n) is 10.4. The molecule has 2 aromatic rings. The van der Waals surface area contributed by atoms with Crippen LogP contribution in [-0.4, -0.2) is 21.0 Å². The third kappa shape index (κ3) is 3.25. The minimum atomic E-state index is -0.227. The largest absolute Gasteiger partial charge is 0.507 e. The maximum absolute atomic E-state index is 12.1. The Labute approximate surface area is 124 Å². The Bertz CT molecular complexity index is 569. The van der Waals surface area contributed by atoms with Gasteiger partial charge in [-0.1, -0.05) is 6.92 Å². The van der Waals surface area contributed by atoms with E-state index < -0.39 is 0 Å². The molecule has 0 aliphatic heterocycles. The highest BCUT2D eigenvalue weighted by Gasteiger charge is 2.16. The number of aromatic amines is 1. The molecule has 0 fully saturated rings. The van der Waals surface area contributed by atoms with Gasteiger partial charge in [-0.2, -0.15) is 0 Å². The Morgan fingerprint density at radius 1 is 1.58 bits per heavy atom. The lowest BCUT2D eigenvalue weighted by Gasteiger charge is -2.14. The third-order valence-corrected chi connectivity index (χ3v) is 3.68. The Hall–Kier alpha value is -1.57. The van der Waals surface area contributed by atoms with Crippen LogP contribution in [-0.2, 0) is 0 Å². The summed E-state index contributed by atoms with van der Waals surface area (Å²) in [6.07, 6.45) is 4.11. The number of aromatic hydroxyl groups is 1. The van der Waals surface area contributed by atoms with Crippen molar-refractivity contribution >= 4 is 28.5 Å². The van der Waals surface area contributed by atoms with Gasteiger partial charge in [0.15, 0.2) is 0 Å². The van der Waals surface area contributed by atoms with E-state index in [0.717, 1.165) is 12.2 Å². The summed E-state index contributed by atoms with van der Waals surface area (Å²) in [6, 6.07) is 4.69. The molecular weight excluding hydrogens is 357 g/mol. The fourth-order valence-electron chi connectivity index (χ4n) is 1.73. The number of imidazole rings is 1. The number of carbonyl (C=O) groups is 1. The van der Waals surface area contributed by atoms with Gasteiger partial charge in [-0.3, -0.25) is 4.79 Å². The van der Waals surface area contributed by atoms with E-state index in [4.69, 9.17) is 0 Å². The van der Waals surface area contributed by atoms with Crippen molar-refractivity contribution < 1.29 is 9.90 Å². The number of rotatable bonds is 4. The first kappa shape index (κ1) is 13.9. The zero-order valence-corrected chi connectivity index (χ0v) is 12.5. The molecule has 5 nitrogen and oxygen atoms in total. The highest BCUT2D eigenvalue weighted by Crippen LogP contribution is 2.21. The van der Waals surface area contributed by atoms with E-state index in [1.807, 2.05) is 29.5 Å². The van der Waals surface area contributed by atoms with Crippen molar-refractivity contribution in [2.24, 2.45) is 0 Å². The van der Waals surface area contributed by atoms with Crippen LogP contribution < -0.4 is 5.32 Å². The van der Waals surface area contributed by atoms with Crippen LogP contribution in [0.15, 0.2) is 30.6 Å². The minimum absolute atomic E-state index is 0.110. The summed E-state index contributed by atoms with van der Waals surface area (Å²) in [6.45, 7) is 1.97. The molecule has 0 saturated heterocycles. The van der Waals surface area contributed by atoms with Crippen molar-refractivity contribution in [3.05, 3.63) is 45.6 Å². The maximum atomic E-state index is 12.1. The fourth-order valence-corrected chi connectivity index (χ4v) is 2.06. The number of amides is 1. The van der Waals surface area contributed by atoms with Gasteiger partial charge in [0.2, 0.25) is 0 Å². The molecule has 1 heterocycles. The van der Waals surface area contributed by atoms with Gasteiger partial charge in [0.1, 0.15) is 11.6 Å². The first-order valence-corrected chi connectivity index (χ1v) is 6.98. The molecule has 0 aliphatic rings. The second kappa shape index (κ2) is 6.05. The number of phenolic OH excluding ortho intramolecular Hbond substituents is 1. The molecule has 0 aliphatic carbocycles. The number of phenols is 1. The zero-order chi connectivity index (χ0) is 13.8. The van der Waals surface area contributed by atoms with Crippen LogP contribution >= 0.6 is 22.6 Å². The Morgan fingerprint density at radius 2 is 2.37 bits per heavy atom. The van der Waals surface area contributed by atoms with Gasteiger partial charge in [-0.05, 0) is 47.2 Å². The first-order valence-electron chi connectivity index (χ1n) is 5.90. The van der Waals surface area contributed by atoms with Gasteiger partial charge in [0.05, 0.1) is 9.61 Å². The van der Waals surface area contributed by atoms with Crippen molar-refractivity contribution in [2.75, 3.05) is 0 Å². The van der Waals surface area contributed by atoms with Crippen molar-refractivity contribution in [2.45, 2.75) is 19.4 Å². The average molecular weight is 371 g/mol. The van der Waals surface area contributed by atoms with Crippen molar-refractivity contribution in [3.8, 4) is 5.75 Å². The monoisotopic (exact) mass is 371 g/mol. The number of halogens is 1. The predicted molar refractivity (Wildman–Crippen MR) is 79.9 cm³/mol. The van der Waals surface area contributed by atoms with Crippen molar-refractivity contribution in [1.82, 2.24) is 15.3 Å². The highest BCUT2D eigenvalue weighted by atomic mass is 127. The summed E-state index contributed by atoms with van der Waals surface area (Å²) < 4.78 is 0.715. The second-order valence-electron chi connectivity index (χ2n) is 4.07. The van der Waals surface area contributed by atoms with E-state index in [2.05, 4.69) is 15.3 Å². The number of aromatic nitrogens is 2. The van der Waals surface area contributed by atoms with Crippen LogP contribution in [0.4, 0.5) is 0 Å². The van der Waals surface area contributed by atoms with Crippen LogP contribution in [0.2, 0.25) is 0 Å². The molecule has 1 aromatic heterocycles. The summed E-state index contributed by atoms with van der Waals surface area (Å²) in [5.41, 5.74) is 0.433. The summed E-state index contributed by atoms with van der Waals surface area (Å²) >= 11 is 2.01. The molecule has 100 valence electrons. The number of H-pyrrole nitrogens is 1. The summed E-state index contributed by atoms with van der Waals surface area (Å²) in [4.78, 5) is 19.2. The van der Waals surface area contributed by atoms with E-state index >= 15 is 0 Å². The standard InChI is InChI=1S/C13H14IN3O2/c1-2-10(12-15-5-6-16-12)17-13(19)8-3-4-9(14)11(18)7-8/h3-7,10,18H,2H2,1H3,(H,15,16)(H,17,19). The molecule has 0 bridgehead atoms.